The van der Waals surface area contributed by atoms with Crippen LogP contribution in [0.5, 0.6) is 11.5 Å². The van der Waals surface area contributed by atoms with Crippen LogP contribution in [0.15, 0.2) is 57.2 Å². The molecule has 2 aromatic rings. The first kappa shape index (κ1) is 19.2. The molecule has 0 radical (unpaired) electrons. The van der Waals surface area contributed by atoms with Crippen molar-refractivity contribution in [1.82, 2.24) is 10.2 Å². The Kier molecular flexibility index (Phi) is 5.37. The smallest absolute Gasteiger partial charge is 0.245 e. The van der Waals surface area contributed by atoms with Gasteiger partial charge in [-0.1, -0.05) is 23.9 Å². The van der Waals surface area contributed by atoms with E-state index in [0.29, 0.717) is 11.5 Å². The summed E-state index contributed by atoms with van der Waals surface area (Å²) in [6, 6.07) is 10.1. The number of amides is 2. The molecular weight excluding hydrogens is 394 g/mol. The number of para-hydroxylation sites is 1. The molecule has 0 saturated carbocycles. The number of primary amides is 1. The Bertz CT molecular complexity index is 1010. The van der Waals surface area contributed by atoms with Crippen molar-refractivity contribution >= 4 is 33.6 Å². The number of benzene rings is 2. The lowest BCUT2D eigenvalue weighted by Gasteiger charge is -2.20. The third-order valence-electron chi connectivity index (χ3n) is 3.67. The number of carbonyl (C=O) groups excluding carboxylic acids is 2. The van der Waals surface area contributed by atoms with E-state index in [0.717, 1.165) is 9.79 Å². The van der Waals surface area contributed by atoms with Crippen molar-refractivity contribution in [2.45, 2.75) is 27.1 Å². The topological polar surface area (TPSA) is 148 Å². The van der Waals surface area contributed by atoms with E-state index in [9.17, 15) is 18.0 Å². The van der Waals surface area contributed by atoms with Crippen molar-refractivity contribution in [3.05, 3.63) is 42.5 Å². The lowest BCUT2D eigenvalue weighted by atomic mass is 10.2. The van der Waals surface area contributed by atoms with Gasteiger partial charge in [0, 0.05) is 6.07 Å². The van der Waals surface area contributed by atoms with Gasteiger partial charge in [-0.3, -0.25) is 14.8 Å². The monoisotopic (exact) mass is 409 g/mol. The van der Waals surface area contributed by atoms with Crippen LogP contribution in [0, 0.1) is 0 Å². The molecule has 1 atom stereocenters. The highest BCUT2D eigenvalue weighted by Crippen LogP contribution is 2.47. The lowest BCUT2D eigenvalue weighted by Crippen LogP contribution is -2.46. The summed E-state index contributed by atoms with van der Waals surface area (Å²) in [5.74, 6) is -1.05. The summed E-state index contributed by atoms with van der Waals surface area (Å²) in [4.78, 5) is 24.2. The molecule has 0 spiro atoms. The quantitative estimate of drug-likeness (QED) is 0.350. The molecule has 0 bridgehead atoms. The van der Waals surface area contributed by atoms with Crippen LogP contribution in [0.3, 0.4) is 0 Å². The van der Waals surface area contributed by atoms with Crippen LogP contribution in [0.1, 0.15) is 6.42 Å². The Morgan fingerprint density at radius 2 is 1.85 bits per heavy atom. The fourth-order valence-corrected chi connectivity index (χ4v) is 4.51. The number of hydrogen-bond acceptors (Lipinski definition) is 7. The van der Waals surface area contributed by atoms with Gasteiger partial charge in [-0.05, 0) is 24.3 Å². The second-order valence-corrected chi connectivity index (χ2v) is 8.37. The molecule has 0 aromatic heterocycles. The number of rotatable bonds is 6. The third-order valence-corrected chi connectivity index (χ3v) is 6.25. The van der Waals surface area contributed by atoms with Gasteiger partial charge in [0.15, 0.2) is 0 Å². The van der Waals surface area contributed by atoms with E-state index in [2.05, 4.69) is 4.72 Å². The average molecular weight is 409 g/mol. The minimum Gasteiger partial charge on any atom is -0.455 e. The number of hydroxylamine groups is 1. The minimum absolute atomic E-state index is 0.156. The first-order chi connectivity index (χ1) is 12.8. The van der Waals surface area contributed by atoms with Crippen LogP contribution in [0.25, 0.3) is 0 Å². The standard InChI is InChI=1S/C16H15N3O6S2/c17-16(21)10(8-15(20)18-22)19-27(23,24)9-5-6-14-12(7-9)25-11-3-1-2-4-13(11)26-14/h1-7,10,19,22H,8H2,(H2,17,21)(H,18,20)/t10-/m1/s1. The molecule has 2 aromatic carbocycles. The largest absolute Gasteiger partial charge is 0.455 e. The summed E-state index contributed by atoms with van der Waals surface area (Å²) in [5.41, 5.74) is 6.46. The zero-order valence-corrected chi connectivity index (χ0v) is 15.3. The highest BCUT2D eigenvalue weighted by atomic mass is 32.2. The van der Waals surface area contributed by atoms with Crippen molar-refractivity contribution < 1.29 is 28.0 Å². The summed E-state index contributed by atoms with van der Waals surface area (Å²) >= 11 is 1.44. The van der Waals surface area contributed by atoms with Gasteiger partial charge >= 0.3 is 0 Å². The van der Waals surface area contributed by atoms with Crippen LogP contribution in [0.2, 0.25) is 0 Å². The molecule has 0 aliphatic carbocycles. The Hall–Kier alpha value is -2.60. The summed E-state index contributed by atoms with van der Waals surface area (Å²) in [7, 11) is -4.17. The maximum Gasteiger partial charge on any atom is 0.245 e. The van der Waals surface area contributed by atoms with Crippen LogP contribution < -0.4 is 20.7 Å². The first-order valence-electron chi connectivity index (χ1n) is 7.63. The number of ether oxygens (including phenoxy) is 1. The lowest BCUT2D eigenvalue weighted by molar-refractivity contribution is -0.132. The SMILES string of the molecule is NC(=O)[C@@H](CC(=O)NO)NS(=O)(=O)c1ccc2c(c1)Oc1ccccc1S2. The van der Waals surface area contributed by atoms with Gasteiger partial charge < -0.3 is 10.5 Å². The molecule has 0 unspecified atom stereocenters. The van der Waals surface area contributed by atoms with E-state index in [1.807, 2.05) is 12.1 Å². The number of nitrogens with one attached hydrogen (secondary N) is 2. The third kappa shape index (κ3) is 4.22. The van der Waals surface area contributed by atoms with Gasteiger partial charge in [-0.25, -0.2) is 13.9 Å². The molecule has 1 aliphatic rings. The van der Waals surface area contributed by atoms with E-state index >= 15 is 0 Å². The van der Waals surface area contributed by atoms with Crippen molar-refractivity contribution in [1.29, 1.82) is 0 Å². The number of nitrogens with two attached hydrogens (primary N) is 1. The average Bonchev–Trinajstić information content (AvgIpc) is 2.64. The molecule has 27 heavy (non-hydrogen) atoms. The van der Waals surface area contributed by atoms with Gasteiger partial charge in [0.25, 0.3) is 0 Å². The fourth-order valence-electron chi connectivity index (χ4n) is 2.36. The maximum atomic E-state index is 12.6. The molecule has 142 valence electrons. The van der Waals surface area contributed by atoms with E-state index < -0.39 is 34.3 Å². The molecule has 9 nitrogen and oxygen atoms in total. The summed E-state index contributed by atoms with van der Waals surface area (Å²) in [6.45, 7) is 0. The molecule has 0 fully saturated rings. The Labute approximate surface area is 158 Å². The van der Waals surface area contributed by atoms with E-state index in [4.69, 9.17) is 15.7 Å². The highest BCUT2D eigenvalue weighted by Gasteiger charge is 2.28. The molecule has 0 saturated heterocycles. The van der Waals surface area contributed by atoms with E-state index in [1.54, 1.807) is 18.2 Å². The summed E-state index contributed by atoms with van der Waals surface area (Å²) < 4.78 is 33.0. The molecule has 5 N–H and O–H groups in total. The Morgan fingerprint density at radius 3 is 2.56 bits per heavy atom. The second kappa shape index (κ2) is 7.56. The molecule has 1 aliphatic heterocycles. The van der Waals surface area contributed by atoms with Gasteiger partial charge in [-0.15, -0.1) is 0 Å². The predicted octanol–water partition coefficient (Wildman–Crippen LogP) is 0.971. The predicted molar refractivity (Wildman–Crippen MR) is 94.9 cm³/mol. The molecule has 2 amide bonds. The van der Waals surface area contributed by atoms with Crippen LogP contribution in [-0.4, -0.2) is 31.5 Å². The number of hydrogen-bond donors (Lipinski definition) is 4. The Morgan fingerprint density at radius 1 is 1.15 bits per heavy atom. The normalized spacial score (nSPS) is 13.7. The second-order valence-electron chi connectivity index (χ2n) is 5.57. The highest BCUT2D eigenvalue weighted by molar-refractivity contribution is 7.99. The van der Waals surface area contributed by atoms with Crippen molar-refractivity contribution in [3.63, 3.8) is 0 Å². The van der Waals surface area contributed by atoms with Crippen molar-refractivity contribution in [3.8, 4) is 11.5 Å². The first-order valence-corrected chi connectivity index (χ1v) is 9.93. The van der Waals surface area contributed by atoms with Gasteiger partial charge in [0.1, 0.15) is 17.5 Å². The van der Waals surface area contributed by atoms with E-state index in [-0.39, 0.29) is 4.90 Å². The molecular formula is C16H15N3O6S2. The van der Waals surface area contributed by atoms with E-state index in [1.165, 1.54) is 29.4 Å². The van der Waals surface area contributed by atoms with Crippen molar-refractivity contribution in [2.75, 3.05) is 0 Å². The summed E-state index contributed by atoms with van der Waals surface area (Å²) in [6.07, 6.45) is -0.643. The Balaban J connectivity index is 1.86. The molecule has 11 heteroatoms. The summed E-state index contributed by atoms with van der Waals surface area (Å²) in [5, 5.41) is 8.55. The number of fused-ring (bicyclic) bond motifs is 2. The maximum absolute atomic E-state index is 12.6. The van der Waals surface area contributed by atoms with Crippen LogP contribution in [-0.2, 0) is 19.6 Å². The number of carbonyl (C=O) groups is 2. The minimum atomic E-state index is -4.17. The van der Waals surface area contributed by atoms with Gasteiger partial charge in [-0.2, -0.15) is 4.72 Å². The van der Waals surface area contributed by atoms with Crippen LogP contribution >= 0.6 is 11.8 Å². The molecule has 3 rings (SSSR count). The fraction of sp³-hybridized carbons (Fsp3) is 0.125. The van der Waals surface area contributed by atoms with Crippen LogP contribution in [0.4, 0.5) is 0 Å². The van der Waals surface area contributed by atoms with Gasteiger partial charge in [0.05, 0.1) is 21.1 Å². The van der Waals surface area contributed by atoms with Crippen molar-refractivity contribution in [2.24, 2.45) is 5.73 Å². The zero-order chi connectivity index (χ0) is 19.6. The zero-order valence-electron chi connectivity index (χ0n) is 13.7. The number of sulfonamides is 1. The van der Waals surface area contributed by atoms with Gasteiger partial charge in [0.2, 0.25) is 21.8 Å². The molecule has 1 heterocycles.